The lowest BCUT2D eigenvalue weighted by atomic mass is 9.95. The minimum absolute atomic E-state index is 0.0896. The molecule has 0 aromatic heterocycles. The largest absolute Gasteiger partial charge is 0.379 e. The fourth-order valence-corrected chi connectivity index (χ4v) is 2.36. The summed E-state index contributed by atoms with van der Waals surface area (Å²) in [6.07, 6.45) is 2.69. The van der Waals surface area contributed by atoms with Crippen molar-refractivity contribution in [3.05, 3.63) is 34.9 Å². The number of rotatable bonds is 5. The van der Waals surface area contributed by atoms with Gasteiger partial charge in [-0.1, -0.05) is 18.2 Å². The molecule has 1 aliphatic rings. The Labute approximate surface area is 103 Å². The van der Waals surface area contributed by atoms with E-state index in [2.05, 4.69) is 37.5 Å². The maximum Gasteiger partial charge on any atom is 0.0806 e. The third kappa shape index (κ3) is 2.68. The number of methoxy groups -OCH3 is 1. The number of aryl methyl sites for hydroxylation is 2. The summed E-state index contributed by atoms with van der Waals surface area (Å²) >= 11 is 0. The Morgan fingerprint density at radius 1 is 1.29 bits per heavy atom. The molecule has 0 radical (unpaired) electrons. The van der Waals surface area contributed by atoms with Gasteiger partial charge in [-0.15, -0.1) is 0 Å². The summed E-state index contributed by atoms with van der Waals surface area (Å²) in [5.74, 6) is 6.36. The number of hydrogen-bond acceptors (Lipinski definition) is 3. The van der Waals surface area contributed by atoms with Crippen LogP contribution in [0.15, 0.2) is 18.2 Å². The highest BCUT2D eigenvalue weighted by atomic mass is 16.5. The second kappa shape index (κ2) is 5.17. The summed E-state index contributed by atoms with van der Waals surface area (Å²) in [7, 11) is 1.77. The molecule has 1 saturated carbocycles. The quantitative estimate of drug-likeness (QED) is 0.606. The van der Waals surface area contributed by atoms with Crippen LogP contribution in [0.4, 0.5) is 0 Å². The zero-order valence-electron chi connectivity index (χ0n) is 10.9. The van der Waals surface area contributed by atoms with Gasteiger partial charge in [-0.3, -0.25) is 11.3 Å². The zero-order valence-corrected chi connectivity index (χ0v) is 10.9. The van der Waals surface area contributed by atoms with E-state index in [4.69, 9.17) is 10.6 Å². The van der Waals surface area contributed by atoms with E-state index >= 15 is 0 Å². The minimum atomic E-state index is 0.0896. The molecule has 0 aliphatic heterocycles. The van der Waals surface area contributed by atoms with E-state index in [0.29, 0.717) is 5.92 Å². The molecule has 3 heteroatoms. The third-order valence-electron chi connectivity index (χ3n) is 3.76. The Bertz CT molecular complexity index is 388. The Balaban J connectivity index is 2.23. The van der Waals surface area contributed by atoms with Gasteiger partial charge in [-0.05, 0) is 49.3 Å². The van der Waals surface area contributed by atoms with Crippen LogP contribution < -0.4 is 11.3 Å². The van der Waals surface area contributed by atoms with Crippen LogP contribution in [0, 0.1) is 19.8 Å². The second-order valence-corrected chi connectivity index (χ2v) is 5.03. The molecule has 0 spiro atoms. The van der Waals surface area contributed by atoms with Crippen LogP contribution in [0.2, 0.25) is 0 Å². The van der Waals surface area contributed by atoms with Crippen molar-refractivity contribution in [1.82, 2.24) is 5.43 Å². The smallest absolute Gasteiger partial charge is 0.0806 e. The van der Waals surface area contributed by atoms with E-state index < -0.39 is 0 Å². The SMILES string of the molecule is COC(C1CC1)C(NN)c1ccc(C)c(C)c1. The Morgan fingerprint density at radius 3 is 2.47 bits per heavy atom. The summed E-state index contributed by atoms with van der Waals surface area (Å²) in [5, 5.41) is 0. The highest BCUT2D eigenvalue weighted by Crippen LogP contribution is 2.39. The van der Waals surface area contributed by atoms with Crippen molar-refractivity contribution in [2.75, 3.05) is 7.11 Å². The molecule has 3 nitrogen and oxygen atoms in total. The van der Waals surface area contributed by atoms with Crippen molar-refractivity contribution in [3.63, 3.8) is 0 Å². The van der Waals surface area contributed by atoms with Gasteiger partial charge >= 0.3 is 0 Å². The van der Waals surface area contributed by atoms with Crippen LogP contribution in [0.25, 0.3) is 0 Å². The fraction of sp³-hybridized carbons (Fsp3) is 0.571. The Hall–Kier alpha value is -0.900. The minimum Gasteiger partial charge on any atom is -0.379 e. The molecule has 1 aliphatic carbocycles. The van der Waals surface area contributed by atoms with E-state index in [9.17, 15) is 0 Å². The van der Waals surface area contributed by atoms with Crippen LogP contribution >= 0.6 is 0 Å². The molecule has 0 bridgehead atoms. The van der Waals surface area contributed by atoms with E-state index in [-0.39, 0.29) is 12.1 Å². The van der Waals surface area contributed by atoms with Crippen molar-refractivity contribution in [2.24, 2.45) is 11.8 Å². The van der Waals surface area contributed by atoms with Gasteiger partial charge in [0.2, 0.25) is 0 Å². The number of benzene rings is 1. The van der Waals surface area contributed by atoms with Gasteiger partial charge in [-0.2, -0.15) is 0 Å². The van der Waals surface area contributed by atoms with Gasteiger partial charge in [0.25, 0.3) is 0 Å². The van der Waals surface area contributed by atoms with Crippen LogP contribution in [-0.4, -0.2) is 13.2 Å². The van der Waals surface area contributed by atoms with E-state index in [1.54, 1.807) is 7.11 Å². The number of ether oxygens (including phenoxy) is 1. The first-order chi connectivity index (χ1) is 8.17. The lowest BCUT2D eigenvalue weighted by Crippen LogP contribution is -2.38. The van der Waals surface area contributed by atoms with Gasteiger partial charge in [-0.25, -0.2) is 0 Å². The molecule has 94 valence electrons. The highest BCUT2D eigenvalue weighted by Gasteiger charge is 2.37. The first kappa shape index (κ1) is 12.6. The van der Waals surface area contributed by atoms with Gasteiger partial charge < -0.3 is 4.74 Å². The summed E-state index contributed by atoms with van der Waals surface area (Å²) in [5.41, 5.74) is 6.74. The zero-order chi connectivity index (χ0) is 12.4. The van der Waals surface area contributed by atoms with Crippen LogP contribution in [-0.2, 0) is 4.74 Å². The molecule has 0 amide bonds. The molecule has 2 atom stereocenters. The first-order valence-corrected chi connectivity index (χ1v) is 6.23. The van der Waals surface area contributed by atoms with Gasteiger partial charge in [0.1, 0.15) is 0 Å². The maximum absolute atomic E-state index is 5.70. The molecule has 2 unspecified atom stereocenters. The molecule has 3 N–H and O–H groups in total. The van der Waals surface area contributed by atoms with Crippen molar-refractivity contribution in [2.45, 2.75) is 38.8 Å². The first-order valence-electron chi connectivity index (χ1n) is 6.23. The summed E-state index contributed by atoms with van der Waals surface area (Å²) in [6, 6.07) is 6.58. The lowest BCUT2D eigenvalue weighted by Gasteiger charge is -2.26. The van der Waals surface area contributed by atoms with E-state index in [1.807, 2.05) is 0 Å². The number of nitrogens with one attached hydrogen (secondary N) is 1. The maximum atomic E-state index is 5.70. The van der Waals surface area contributed by atoms with E-state index in [1.165, 1.54) is 29.5 Å². The predicted molar refractivity (Wildman–Crippen MR) is 69.5 cm³/mol. The van der Waals surface area contributed by atoms with Gasteiger partial charge in [0.15, 0.2) is 0 Å². The molecule has 2 rings (SSSR count). The fourth-order valence-electron chi connectivity index (χ4n) is 2.36. The topological polar surface area (TPSA) is 47.3 Å². The van der Waals surface area contributed by atoms with Crippen molar-refractivity contribution in [3.8, 4) is 0 Å². The van der Waals surface area contributed by atoms with Crippen molar-refractivity contribution >= 4 is 0 Å². The summed E-state index contributed by atoms with van der Waals surface area (Å²) in [4.78, 5) is 0. The van der Waals surface area contributed by atoms with E-state index in [0.717, 1.165) is 0 Å². The Morgan fingerprint density at radius 2 is 2.00 bits per heavy atom. The average molecular weight is 234 g/mol. The molecular formula is C14H22N2O. The number of nitrogens with two attached hydrogens (primary N) is 1. The molecular weight excluding hydrogens is 212 g/mol. The van der Waals surface area contributed by atoms with Crippen LogP contribution in [0.1, 0.15) is 35.6 Å². The van der Waals surface area contributed by atoms with Crippen LogP contribution in [0.3, 0.4) is 0 Å². The highest BCUT2D eigenvalue weighted by molar-refractivity contribution is 5.32. The molecule has 1 aromatic carbocycles. The molecule has 1 aromatic rings. The lowest BCUT2D eigenvalue weighted by molar-refractivity contribution is 0.0506. The summed E-state index contributed by atoms with van der Waals surface area (Å²) in [6.45, 7) is 4.25. The predicted octanol–water partition coefficient (Wildman–Crippen LogP) is 2.23. The normalized spacial score (nSPS) is 19.1. The van der Waals surface area contributed by atoms with Gasteiger partial charge in [0.05, 0.1) is 12.1 Å². The van der Waals surface area contributed by atoms with Crippen molar-refractivity contribution in [1.29, 1.82) is 0 Å². The Kier molecular flexibility index (Phi) is 3.82. The molecule has 0 heterocycles. The average Bonchev–Trinajstić information content (AvgIpc) is 3.14. The van der Waals surface area contributed by atoms with Crippen molar-refractivity contribution < 1.29 is 4.74 Å². The van der Waals surface area contributed by atoms with Crippen LogP contribution in [0.5, 0.6) is 0 Å². The second-order valence-electron chi connectivity index (χ2n) is 5.03. The third-order valence-corrected chi connectivity index (χ3v) is 3.76. The number of hydrazine groups is 1. The molecule has 0 saturated heterocycles. The molecule has 17 heavy (non-hydrogen) atoms. The summed E-state index contributed by atoms with van der Waals surface area (Å²) < 4.78 is 5.61. The van der Waals surface area contributed by atoms with Gasteiger partial charge in [0, 0.05) is 7.11 Å². The monoisotopic (exact) mass is 234 g/mol. The molecule has 1 fully saturated rings. The standard InChI is InChI=1S/C14H22N2O/c1-9-4-5-12(8-10(9)2)13(16-15)14(17-3)11-6-7-11/h4-5,8,11,13-14,16H,6-7,15H2,1-3H3. The number of hydrogen-bond donors (Lipinski definition) is 2.